The van der Waals surface area contributed by atoms with Crippen LogP contribution in [0.5, 0.6) is 0 Å². The van der Waals surface area contributed by atoms with Gasteiger partial charge in [-0.25, -0.2) is 13.6 Å². The fourth-order valence-electron chi connectivity index (χ4n) is 1.98. The maximum Gasteiger partial charge on any atom is 0.346 e. The number of thiophene rings is 1. The molecule has 1 aromatic carbocycles. The molecular formula is C14H15F2NO3S. The van der Waals surface area contributed by atoms with Crippen molar-refractivity contribution in [2.45, 2.75) is 13.0 Å². The maximum absolute atomic E-state index is 11.9. The van der Waals surface area contributed by atoms with E-state index in [9.17, 15) is 18.7 Å². The van der Waals surface area contributed by atoms with Gasteiger partial charge in [0.15, 0.2) is 0 Å². The van der Waals surface area contributed by atoms with Crippen LogP contribution < -0.4 is 5.32 Å². The molecular weight excluding hydrogens is 300 g/mol. The highest BCUT2D eigenvalue weighted by atomic mass is 32.1. The summed E-state index contributed by atoms with van der Waals surface area (Å²) in [5.74, 6) is -0.957. The van der Waals surface area contributed by atoms with Gasteiger partial charge in [-0.1, -0.05) is 18.2 Å². The van der Waals surface area contributed by atoms with Crippen molar-refractivity contribution in [1.29, 1.82) is 0 Å². The number of hydrogen-bond acceptors (Lipinski definition) is 4. The molecule has 1 aromatic heterocycles. The standard InChI is InChI=1S/C14H15F2NO3S/c15-12(16)8-20-6-5-17-7-10-9-3-1-2-4-11(9)21-13(10)14(18)19/h1-4,12,17H,5-8H2,(H,18,19). The Kier molecular flexibility index (Phi) is 5.60. The summed E-state index contributed by atoms with van der Waals surface area (Å²) in [7, 11) is 0. The summed E-state index contributed by atoms with van der Waals surface area (Å²) in [4.78, 5) is 11.6. The fourth-order valence-corrected chi connectivity index (χ4v) is 3.04. The molecule has 0 aliphatic heterocycles. The van der Waals surface area contributed by atoms with Crippen molar-refractivity contribution in [1.82, 2.24) is 5.32 Å². The molecule has 0 bridgehead atoms. The number of benzene rings is 1. The lowest BCUT2D eigenvalue weighted by molar-refractivity contribution is 0.0187. The number of carboxylic acid groups (broad SMARTS) is 1. The molecule has 0 unspecified atom stereocenters. The first kappa shape index (κ1) is 15.8. The smallest absolute Gasteiger partial charge is 0.346 e. The van der Waals surface area contributed by atoms with Crippen molar-refractivity contribution >= 4 is 27.4 Å². The Hall–Kier alpha value is -1.57. The first-order valence-corrected chi connectivity index (χ1v) is 7.21. The predicted molar refractivity (Wildman–Crippen MR) is 77.3 cm³/mol. The topological polar surface area (TPSA) is 58.6 Å². The van der Waals surface area contributed by atoms with Gasteiger partial charge in [-0.2, -0.15) is 0 Å². The number of hydrogen-bond donors (Lipinski definition) is 2. The Morgan fingerprint density at radius 1 is 1.38 bits per heavy atom. The van der Waals surface area contributed by atoms with Gasteiger partial charge in [-0.05, 0) is 17.0 Å². The largest absolute Gasteiger partial charge is 0.477 e. The summed E-state index contributed by atoms with van der Waals surface area (Å²) in [6.45, 7) is 0.331. The molecule has 0 aliphatic carbocycles. The van der Waals surface area contributed by atoms with Gasteiger partial charge in [0.1, 0.15) is 11.5 Å². The zero-order valence-corrected chi connectivity index (χ0v) is 12.0. The van der Waals surface area contributed by atoms with Crippen molar-refractivity contribution in [3.63, 3.8) is 0 Å². The van der Waals surface area contributed by atoms with E-state index >= 15 is 0 Å². The van der Waals surface area contributed by atoms with Gasteiger partial charge in [0, 0.05) is 17.8 Å². The molecule has 4 nitrogen and oxygen atoms in total. The van der Waals surface area contributed by atoms with E-state index in [0.717, 1.165) is 15.6 Å². The monoisotopic (exact) mass is 315 g/mol. The second-order valence-electron chi connectivity index (χ2n) is 4.35. The quantitative estimate of drug-likeness (QED) is 0.735. The Balaban J connectivity index is 1.97. The van der Waals surface area contributed by atoms with E-state index in [0.29, 0.717) is 18.0 Å². The average Bonchev–Trinajstić information content (AvgIpc) is 2.81. The lowest BCUT2D eigenvalue weighted by atomic mass is 10.1. The minimum absolute atomic E-state index is 0.162. The van der Waals surface area contributed by atoms with Gasteiger partial charge in [0.2, 0.25) is 0 Å². The van der Waals surface area contributed by atoms with E-state index in [1.807, 2.05) is 24.3 Å². The molecule has 0 atom stereocenters. The van der Waals surface area contributed by atoms with Crippen molar-refractivity contribution in [2.24, 2.45) is 0 Å². The van der Waals surface area contributed by atoms with Crippen molar-refractivity contribution in [3.8, 4) is 0 Å². The first-order chi connectivity index (χ1) is 10.1. The minimum Gasteiger partial charge on any atom is -0.477 e. The normalized spacial score (nSPS) is 11.4. The van der Waals surface area contributed by atoms with Crippen LogP contribution in [-0.4, -0.2) is 37.3 Å². The molecule has 2 N–H and O–H groups in total. The van der Waals surface area contributed by atoms with Gasteiger partial charge >= 0.3 is 5.97 Å². The highest BCUT2D eigenvalue weighted by molar-refractivity contribution is 7.21. The summed E-state index contributed by atoms with van der Waals surface area (Å²) < 4.78 is 29.4. The van der Waals surface area contributed by atoms with Crippen molar-refractivity contribution < 1.29 is 23.4 Å². The van der Waals surface area contributed by atoms with Gasteiger partial charge in [-0.3, -0.25) is 0 Å². The van der Waals surface area contributed by atoms with E-state index in [1.165, 1.54) is 11.3 Å². The third kappa shape index (κ3) is 4.20. The van der Waals surface area contributed by atoms with E-state index in [-0.39, 0.29) is 6.61 Å². The van der Waals surface area contributed by atoms with Crippen LogP contribution in [0.3, 0.4) is 0 Å². The Morgan fingerprint density at radius 2 is 2.14 bits per heavy atom. The van der Waals surface area contributed by atoms with Crippen LogP contribution >= 0.6 is 11.3 Å². The summed E-state index contributed by atoms with van der Waals surface area (Å²) in [5.41, 5.74) is 0.719. The lowest BCUT2D eigenvalue weighted by Crippen LogP contribution is -2.21. The number of carbonyl (C=O) groups is 1. The molecule has 0 fully saturated rings. The second-order valence-corrected chi connectivity index (χ2v) is 5.41. The molecule has 0 spiro atoms. The fraction of sp³-hybridized carbons (Fsp3) is 0.357. The zero-order chi connectivity index (χ0) is 15.2. The Bertz CT molecular complexity index is 615. The highest BCUT2D eigenvalue weighted by Crippen LogP contribution is 2.31. The number of fused-ring (bicyclic) bond motifs is 1. The number of ether oxygens (including phenoxy) is 1. The van der Waals surface area contributed by atoms with Gasteiger partial charge in [0.25, 0.3) is 6.43 Å². The molecule has 21 heavy (non-hydrogen) atoms. The summed E-state index contributed by atoms with van der Waals surface area (Å²) in [6.07, 6.45) is -2.47. The second kappa shape index (κ2) is 7.44. The van der Waals surface area contributed by atoms with Gasteiger partial charge in [-0.15, -0.1) is 11.3 Å². The predicted octanol–water partition coefficient (Wildman–Crippen LogP) is 2.97. The number of carboxylic acids is 1. The molecule has 0 radical (unpaired) electrons. The van der Waals surface area contributed by atoms with Crippen LogP contribution in [0.25, 0.3) is 10.1 Å². The first-order valence-electron chi connectivity index (χ1n) is 6.40. The number of aromatic carboxylic acids is 1. The minimum atomic E-state index is -2.47. The van der Waals surface area contributed by atoms with Crippen LogP contribution in [-0.2, 0) is 11.3 Å². The van der Waals surface area contributed by atoms with Crippen LogP contribution in [0.2, 0.25) is 0 Å². The van der Waals surface area contributed by atoms with Gasteiger partial charge < -0.3 is 15.2 Å². The van der Waals surface area contributed by atoms with Crippen LogP contribution in [0.15, 0.2) is 24.3 Å². The van der Waals surface area contributed by atoms with Crippen LogP contribution in [0.1, 0.15) is 15.2 Å². The van der Waals surface area contributed by atoms with E-state index in [2.05, 4.69) is 5.32 Å². The van der Waals surface area contributed by atoms with Crippen LogP contribution in [0, 0.1) is 0 Å². The third-order valence-electron chi connectivity index (χ3n) is 2.86. The maximum atomic E-state index is 11.9. The summed E-state index contributed by atoms with van der Waals surface area (Å²) >= 11 is 1.23. The number of halogens is 2. The lowest BCUT2D eigenvalue weighted by Gasteiger charge is -2.06. The van der Waals surface area contributed by atoms with Crippen LogP contribution in [0.4, 0.5) is 8.78 Å². The Morgan fingerprint density at radius 3 is 2.86 bits per heavy atom. The van der Waals surface area contributed by atoms with Crippen molar-refractivity contribution in [2.75, 3.05) is 19.8 Å². The highest BCUT2D eigenvalue weighted by Gasteiger charge is 2.16. The average molecular weight is 315 g/mol. The molecule has 0 amide bonds. The number of rotatable bonds is 8. The molecule has 2 aromatic rings. The van der Waals surface area contributed by atoms with Gasteiger partial charge in [0.05, 0.1) is 6.61 Å². The molecule has 2 rings (SSSR count). The molecule has 0 saturated carbocycles. The summed E-state index contributed by atoms with van der Waals surface area (Å²) in [5, 5.41) is 13.2. The molecule has 0 aliphatic rings. The number of nitrogens with one attached hydrogen (secondary N) is 1. The SMILES string of the molecule is O=C(O)c1sc2ccccc2c1CNCCOCC(F)F. The molecule has 0 saturated heterocycles. The van der Waals surface area contributed by atoms with E-state index in [1.54, 1.807) is 0 Å². The number of alkyl halides is 2. The van der Waals surface area contributed by atoms with E-state index < -0.39 is 19.0 Å². The Labute approximate surface area is 124 Å². The zero-order valence-electron chi connectivity index (χ0n) is 11.1. The van der Waals surface area contributed by atoms with E-state index in [4.69, 9.17) is 4.74 Å². The third-order valence-corrected chi connectivity index (χ3v) is 4.06. The molecule has 7 heteroatoms. The van der Waals surface area contributed by atoms with Crippen molar-refractivity contribution in [3.05, 3.63) is 34.7 Å². The molecule has 1 heterocycles. The summed E-state index contributed by atoms with van der Waals surface area (Å²) in [6, 6.07) is 7.47. The molecule has 114 valence electrons.